The number of carbonyl (C=O) groups is 1. The topological polar surface area (TPSA) is 88.0 Å². The third-order valence-corrected chi connectivity index (χ3v) is 5.97. The first-order valence-corrected chi connectivity index (χ1v) is 12.2. The molecular weight excluding hydrogens is 544 g/mol. The summed E-state index contributed by atoms with van der Waals surface area (Å²) in [6, 6.07) is 11.0. The second-order valence-electron chi connectivity index (χ2n) is 7.47. The van der Waals surface area contributed by atoms with Gasteiger partial charge in [-0.3, -0.25) is 14.6 Å². The van der Waals surface area contributed by atoms with E-state index in [0.29, 0.717) is 42.3 Å². The third-order valence-electron chi connectivity index (χ3n) is 5.08. The number of ether oxygens (including phenoxy) is 2. The Morgan fingerprint density at radius 1 is 0.906 bits per heavy atom. The smallest absolute Gasteiger partial charge is 0.195 e. The predicted molar refractivity (Wildman–Crippen MR) is 128 cm³/mol. The van der Waals surface area contributed by atoms with Gasteiger partial charge in [0.2, 0.25) is 0 Å². The molecule has 2 aliphatic rings. The number of β-amino-alcohol motifs (C(OH)–C–C–N with tert-alkyl or cyclic N) is 1. The van der Waals surface area contributed by atoms with E-state index in [-0.39, 0.29) is 5.78 Å². The summed E-state index contributed by atoms with van der Waals surface area (Å²) in [4.78, 5) is 24.6. The summed E-state index contributed by atoms with van der Waals surface area (Å²) in [5.74, 6) is 0.0585. The summed E-state index contributed by atoms with van der Waals surface area (Å²) in [6.45, 7) is 7.35. The minimum Gasteiger partial charge on any atom is -0.385 e. The molecule has 4 heterocycles. The molecule has 0 saturated carbocycles. The Kier molecular flexibility index (Phi) is 10.6. The fourth-order valence-corrected chi connectivity index (χ4v) is 4.04. The predicted octanol–water partition coefficient (Wildman–Crippen LogP) is 2.57. The van der Waals surface area contributed by atoms with Crippen molar-refractivity contribution in [1.29, 1.82) is 0 Å². The molecule has 8 nitrogen and oxygen atoms in total. The van der Waals surface area contributed by atoms with Gasteiger partial charge in [-0.05, 0) is 56.1 Å². The highest BCUT2D eigenvalue weighted by Gasteiger charge is 2.17. The molecule has 4 rings (SSSR count). The van der Waals surface area contributed by atoms with Crippen molar-refractivity contribution in [2.45, 2.75) is 6.10 Å². The van der Waals surface area contributed by atoms with Gasteiger partial charge in [0.1, 0.15) is 21.0 Å². The van der Waals surface area contributed by atoms with Crippen LogP contribution >= 0.6 is 31.9 Å². The molecule has 1 atom stereocenters. The zero-order valence-corrected chi connectivity index (χ0v) is 21.0. The minimum absolute atomic E-state index is 0.0585. The number of hydrogen-bond acceptors (Lipinski definition) is 8. The summed E-state index contributed by atoms with van der Waals surface area (Å²) in [6.07, 6.45) is -0.532. The number of halogens is 2. The van der Waals surface area contributed by atoms with Crippen LogP contribution in [-0.4, -0.2) is 96.4 Å². The molecule has 10 heteroatoms. The van der Waals surface area contributed by atoms with Crippen molar-refractivity contribution in [2.75, 3.05) is 65.7 Å². The highest BCUT2D eigenvalue weighted by Crippen LogP contribution is 2.15. The zero-order valence-electron chi connectivity index (χ0n) is 17.8. The van der Waals surface area contributed by atoms with Crippen molar-refractivity contribution in [1.82, 2.24) is 19.8 Å². The number of ketones is 1. The van der Waals surface area contributed by atoms with Gasteiger partial charge in [-0.25, -0.2) is 9.97 Å². The Labute approximate surface area is 205 Å². The number of aliphatic hydroxyl groups is 1. The lowest BCUT2D eigenvalue weighted by Gasteiger charge is -2.28. The molecule has 32 heavy (non-hydrogen) atoms. The average molecular weight is 572 g/mol. The number of hydrogen-bond donors (Lipinski definition) is 1. The van der Waals surface area contributed by atoms with E-state index in [1.165, 1.54) is 0 Å². The van der Waals surface area contributed by atoms with Gasteiger partial charge in [0.05, 0.1) is 38.7 Å². The van der Waals surface area contributed by atoms with E-state index >= 15 is 0 Å². The van der Waals surface area contributed by atoms with E-state index in [4.69, 9.17) is 9.47 Å². The molecule has 0 radical (unpaired) electrons. The van der Waals surface area contributed by atoms with Crippen LogP contribution in [-0.2, 0) is 9.47 Å². The van der Waals surface area contributed by atoms with E-state index in [0.717, 1.165) is 44.0 Å². The fraction of sp³-hybridized carbons (Fsp3) is 0.500. The first-order chi connectivity index (χ1) is 15.5. The Morgan fingerprint density at radius 3 is 2.06 bits per heavy atom. The number of aliphatic hydroxyl groups excluding tert-OH is 1. The van der Waals surface area contributed by atoms with Gasteiger partial charge < -0.3 is 14.6 Å². The van der Waals surface area contributed by atoms with E-state index in [2.05, 4.69) is 51.6 Å². The zero-order chi connectivity index (χ0) is 22.8. The van der Waals surface area contributed by atoms with Crippen LogP contribution < -0.4 is 0 Å². The maximum atomic E-state index is 11.9. The van der Waals surface area contributed by atoms with Crippen LogP contribution in [0, 0.1) is 0 Å². The van der Waals surface area contributed by atoms with Crippen LogP contribution in [0.1, 0.15) is 22.3 Å². The van der Waals surface area contributed by atoms with Crippen molar-refractivity contribution < 1.29 is 19.4 Å². The first-order valence-electron chi connectivity index (χ1n) is 10.6. The minimum atomic E-state index is -0.532. The number of carbonyl (C=O) groups excluding carboxylic acids is 1. The lowest BCUT2D eigenvalue weighted by molar-refractivity contribution is 0.0135. The molecule has 0 spiro atoms. The Bertz CT molecular complexity index is 861. The Hall–Kier alpha value is -1.27. The molecule has 2 aromatic heterocycles. The van der Waals surface area contributed by atoms with Crippen LogP contribution in [0.25, 0.3) is 0 Å². The van der Waals surface area contributed by atoms with Crippen molar-refractivity contribution in [3.05, 3.63) is 57.0 Å². The van der Waals surface area contributed by atoms with E-state index in [9.17, 15) is 9.90 Å². The van der Waals surface area contributed by atoms with Crippen molar-refractivity contribution in [2.24, 2.45) is 0 Å². The molecule has 2 aromatic rings. The Balaban J connectivity index is 0.000000181. The van der Waals surface area contributed by atoms with Crippen LogP contribution in [0.2, 0.25) is 0 Å². The quantitative estimate of drug-likeness (QED) is 0.418. The van der Waals surface area contributed by atoms with Crippen LogP contribution in [0.3, 0.4) is 0 Å². The highest BCUT2D eigenvalue weighted by atomic mass is 79.9. The van der Waals surface area contributed by atoms with Gasteiger partial charge in [-0.1, -0.05) is 12.1 Å². The third kappa shape index (κ3) is 8.58. The molecule has 0 aromatic carbocycles. The number of aromatic nitrogens is 2. The van der Waals surface area contributed by atoms with E-state index in [1.54, 1.807) is 6.07 Å². The average Bonchev–Trinajstić information content (AvgIpc) is 2.81. The summed E-state index contributed by atoms with van der Waals surface area (Å²) >= 11 is 6.56. The number of nitrogens with zero attached hydrogens (tertiary/aromatic N) is 4. The number of Topliss-reactive ketones (excluding diaryl/α,β-unsaturated/α-hetero) is 1. The molecule has 0 bridgehead atoms. The maximum absolute atomic E-state index is 11.9. The molecule has 0 aliphatic carbocycles. The van der Waals surface area contributed by atoms with Gasteiger partial charge in [0.25, 0.3) is 0 Å². The highest BCUT2D eigenvalue weighted by molar-refractivity contribution is 9.10. The lowest BCUT2D eigenvalue weighted by atomic mass is 10.2. The first kappa shape index (κ1) is 25.4. The molecule has 1 N–H and O–H groups in total. The number of rotatable bonds is 6. The van der Waals surface area contributed by atoms with E-state index in [1.807, 2.05) is 30.3 Å². The largest absolute Gasteiger partial charge is 0.385 e. The number of pyridine rings is 2. The molecule has 2 aliphatic heterocycles. The molecule has 2 saturated heterocycles. The van der Waals surface area contributed by atoms with Crippen molar-refractivity contribution in [3.63, 3.8) is 0 Å². The van der Waals surface area contributed by atoms with Gasteiger partial charge >= 0.3 is 0 Å². The van der Waals surface area contributed by atoms with Gasteiger partial charge in [0, 0.05) is 32.7 Å². The molecular formula is C22H28Br2N4O4. The standard InChI is InChI=1S/C11H15BrN2O2.C11H13BrN2O2/c2*12-11-3-1-2-9(13-11)10(15)8-14-4-6-16-7-5-14/h1-3,10,15H,4-8H2;1-3H,4-8H2. The fourth-order valence-electron chi connectivity index (χ4n) is 3.34. The van der Waals surface area contributed by atoms with Gasteiger partial charge in [-0.15, -0.1) is 0 Å². The van der Waals surface area contributed by atoms with Crippen molar-refractivity contribution in [3.8, 4) is 0 Å². The van der Waals surface area contributed by atoms with Crippen molar-refractivity contribution >= 4 is 37.6 Å². The summed E-state index contributed by atoms with van der Waals surface area (Å²) < 4.78 is 11.9. The second kappa shape index (κ2) is 13.4. The number of morpholine rings is 2. The Morgan fingerprint density at radius 2 is 1.47 bits per heavy atom. The second-order valence-corrected chi connectivity index (χ2v) is 9.10. The summed E-state index contributed by atoms with van der Waals surface area (Å²) in [5.41, 5.74) is 1.22. The monoisotopic (exact) mass is 570 g/mol. The SMILES string of the molecule is O=C(CN1CCOCC1)c1cccc(Br)n1.OC(CN1CCOCC1)c1cccc(Br)n1. The van der Waals surface area contributed by atoms with E-state index < -0.39 is 6.10 Å². The summed E-state index contributed by atoms with van der Waals surface area (Å²) in [7, 11) is 0. The van der Waals surface area contributed by atoms with Crippen LogP contribution in [0.5, 0.6) is 0 Å². The molecule has 2 fully saturated rings. The molecule has 0 amide bonds. The molecule has 1 unspecified atom stereocenters. The normalized spacial score (nSPS) is 18.5. The lowest BCUT2D eigenvalue weighted by Crippen LogP contribution is -2.39. The maximum Gasteiger partial charge on any atom is 0.195 e. The summed E-state index contributed by atoms with van der Waals surface area (Å²) in [5, 5.41) is 10.0. The van der Waals surface area contributed by atoms with Crippen LogP contribution in [0.4, 0.5) is 0 Å². The van der Waals surface area contributed by atoms with Gasteiger partial charge in [-0.2, -0.15) is 0 Å². The van der Waals surface area contributed by atoms with Gasteiger partial charge in [0.15, 0.2) is 5.78 Å². The molecule has 174 valence electrons. The van der Waals surface area contributed by atoms with Crippen LogP contribution in [0.15, 0.2) is 45.6 Å².